The summed E-state index contributed by atoms with van der Waals surface area (Å²) in [5.74, 6) is 0. The molecule has 0 aliphatic heterocycles. The van der Waals surface area contributed by atoms with Crippen LogP contribution in [0.25, 0.3) is 115 Å². The van der Waals surface area contributed by atoms with E-state index in [4.69, 9.17) is 0 Å². The fourth-order valence-corrected chi connectivity index (χ4v) is 12.7. The minimum absolute atomic E-state index is 1.18. The monoisotopic (exact) mass is 1390 g/mol. The minimum Gasteiger partial charge on any atom is -0.344 e. The summed E-state index contributed by atoms with van der Waals surface area (Å²) >= 11 is 0. The van der Waals surface area contributed by atoms with Gasteiger partial charge in [0.05, 0.1) is 11.0 Å². The molecule has 0 unspecified atom stereocenters. The number of hydrogen-bond acceptors (Lipinski definition) is 0. The van der Waals surface area contributed by atoms with Crippen molar-refractivity contribution in [2.24, 2.45) is 7.05 Å². The predicted octanol–water partition coefficient (Wildman–Crippen LogP) is 30.5. The first-order valence-corrected chi connectivity index (χ1v) is 37.7. The summed E-state index contributed by atoms with van der Waals surface area (Å²) in [4.78, 5) is 0. The lowest BCUT2D eigenvalue weighted by molar-refractivity contribution is 1.01. The fraction of sp³-hybridized carbons (Fsp3) is 0.105. The van der Waals surface area contributed by atoms with Crippen molar-refractivity contribution in [1.82, 2.24) is 9.13 Å². The summed E-state index contributed by atoms with van der Waals surface area (Å²) in [6.45, 7) is 20.5. The number of hydrogen-bond donors (Lipinski definition) is 0. The molecule has 0 bridgehead atoms. The van der Waals surface area contributed by atoms with Crippen LogP contribution >= 0.6 is 0 Å². The number of aryl methyl sites for hydroxylation is 5. The Morgan fingerprint density at radius 1 is 0.178 bits per heavy atom. The number of nitrogens with zero attached hydrogens (tertiary/aromatic N) is 2. The topological polar surface area (TPSA) is 9.86 Å². The zero-order valence-electron chi connectivity index (χ0n) is 64.2. The van der Waals surface area contributed by atoms with Crippen molar-refractivity contribution in [3.05, 3.63) is 441 Å². The molecule has 0 aliphatic carbocycles. The SMILES string of the molecule is CC.CC.CC.Cc1cc2ccccc2c2ccccc12.Cc1ccc(-c2ccc(-c3ccc(-n4c5ccccc5c5ccccc54)cc3)cc2)cc1.Cc1ccccc1.Cc1ccccc1.Cn1c2ccccc2c2ccccc21.c1ccc2ccccc2c1.c1ccc2ccccc2c1.c1ccccc1. The highest BCUT2D eigenvalue weighted by atomic mass is 15.0. The van der Waals surface area contributed by atoms with E-state index in [-0.39, 0.29) is 0 Å². The van der Waals surface area contributed by atoms with Crippen molar-refractivity contribution < 1.29 is 0 Å². The van der Waals surface area contributed by atoms with E-state index in [1.165, 1.54) is 137 Å². The van der Waals surface area contributed by atoms with Gasteiger partial charge >= 0.3 is 0 Å². The molecule has 2 nitrogen and oxygen atoms in total. The largest absolute Gasteiger partial charge is 0.344 e. The molecule has 107 heavy (non-hydrogen) atoms. The quantitative estimate of drug-likeness (QED) is 0.156. The fourth-order valence-electron chi connectivity index (χ4n) is 12.7. The van der Waals surface area contributed by atoms with Crippen molar-refractivity contribution >= 4 is 86.7 Å². The zero-order valence-corrected chi connectivity index (χ0v) is 64.2. The standard InChI is InChI=1S/C31H23N.C15H12.C13H11N.2C10H8.2C7H8.C6H6.3C2H6/c1-22-10-12-23(13-11-22)24-14-16-25(17-15-24)26-18-20-27(21-19-26)32-30-8-4-2-6-28(30)29-7-3-5-9-31(29)32;1-11-10-12-6-2-3-8-14(12)15-9-5-4-7-13(11)15;1-14-12-8-4-2-6-10(12)11-7-3-5-9-13(11)14;2*1-2-6-10-8-4-3-7-9(10)5-1;2*1-7-5-3-2-4-6-7;1-2-4-6-5-3-1;3*1-2/h2-21H,1H3;2-10H,1H3;2-9H,1H3;2*1-8H;2*2-6H,1H3;1-6H;3*1-2H3. The van der Waals surface area contributed by atoms with Crippen molar-refractivity contribution in [3.63, 3.8) is 0 Å². The van der Waals surface area contributed by atoms with Gasteiger partial charge in [0, 0.05) is 45.3 Å². The van der Waals surface area contributed by atoms with Gasteiger partial charge in [0.1, 0.15) is 0 Å². The lowest BCUT2D eigenvalue weighted by atomic mass is 9.98. The second-order valence-electron chi connectivity index (χ2n) is 25.1. The molecule has 19 rings (SSSR count). The summed E-state index contributed by atoms with van der Waals surface area (Å²) in [6.07, 6.45) is 0. The van der Waals surface area contributed by atoms with Crippen LogP contribution in [-0.2, 0) is 7.05 Å². The van der Waals surface area contributed by atoms with E-state index in [1.54, 1.807) is 0 Å². The minimum atomic E-state index is 1.18. The molecule has 0 fully saturated rings. The Balaban J connectivity index is 0.000000150. The van der Waals surface area contributed by atoms with E-state index >= 15 is 0 Å². The van der Waals surface area contributed by atoms with Gasteiger partial charge in [-0.2, -0.15) is 0 Å². The number of benzene rings is 17. The third kappa shape index (κ3) is 21.7. The summed E-state index contributed by atoms with van der Waals surface area (Å²) < 4.78 is 4.60. The third-order valence-electron chi connectivity index (χ3n) is 18.0. The molecule has 2 heteroatoms. The van der Waals surface area contributed by atoms with Gasteiger partial charge in [0.15, 0.2) is 0 Å². The van der Waals surface area contributed by atoms with Crippen LogP contribution in [-0.4, -0.2) is 9.13 Å². The predicted molar refractivity (Wildman–Crippen MR) is 474 cm³/mol. The molecule has 0 aliphatic rings. The molecule has 0 spiro atoms. The van der Waals surface area contributed by atoms with E-state index in [0.29, 0.717) is 0 Å². The van der Waals surface area contributed by atoms with Gasteiger partial charge in [-0.25, -0.2) is 0 Å². The molecule has 0 N–H and O–H groups in total. The number of fused-ring (bicyclic) bond motifs is 11. The second kappa shape index (κ2) is 42.2. The first-order chi connectivity index (χ1) is 52.7. The van der Waals surface area contributed by atoms with Crippen LogP contribution in [0.15, 0.2) is 419 Å². The maximum absolute atomic E-state index is 2.36. The van der Waals surface area contributed by atoms with Crippen LogP contribution in [0.4, 0.5) is 0 Å². The van der Waals surface area contributed by atoms with Crippen molar-refractivity contribution in [3.8, 4) is 27.9 Å². The van der Waals surface area contributed by atoms with Gasteiger partial charge in [-0.05, 0) is 135 Å². The highest BCUT2D eigenvalue weighted by Crippen LogP contribution is 2.34. The Labute approximate surface area is 636 Å². The average molecular weight is 1390 g/mol. The Bertz CT molecular complexity index is 5360. The van der Waals surface area contributed by atoms with Crippen LogP contribution in [0.1, 0.15) is 63.8 Å². The van der Waals surface area contributed by atoms with Gasteiger partial charge in [0.2, 0.25) is 0 Å². The molecular formula is C105H102N2. The Morgan fingerprint density at radius 3 is 0.729 bits per heavy atom. The molecule has 0 saturated carbocycles. The van der Waals surface area contributed by atoms with Crippen LogP contribution < -0.4 is 0 Å². The molecule has 0 saturated heterocycles. The first kappa shape index (κ1) is 78.5. The van der Waals surface area contributed by atoms with E-state index in [0.717, 1.165) is 0 Å². The lowest BCUT2D eigenvalue weighted by Gasteiger charge is -2.10. The van der Waals surface area contributed by atoms with Gasteiger partial charge < -0.3 is 9.13 Å². The van der Waals surface area contributed by atoms with Gasteiger partial charge in [-0.3, -0.25) is 0 Å². The number of rotatable bonds is 3. The smallest absolute Gasteiger partial charge is 0.0541 e. The van der Waals surface area contributed by atoms with Crippen molar-refractivity contribution in [2.75, 3.05) is 0 Å². The van der Waals surface area contributed by atoms with E-state index in [1.807, 2.05) is 114 Å². The number of para-hydroxylation sites is 4. The lowest BCUT2D eigenvalue weighted by Crippen LogP contribution is -1.93. The molecule has 19 aromatic rings. The summed E-state index contributed by atoms with van der Waals surface area (Å²) in [6, 6.07) is 146. The van der Waals surface area contributed by atoms with Gasteiger partial charge in [-0.15, -0.1) is 0 Å². The Kier molecular flexibility index (Phi) is 31.0. The summed E-state index contributed by atoms with van der Waals surface area (Å²) in [5, 5.41) is 15.9. The van der Waals surface area contributed by atoms with Crippen LogP contribution in [0.3, 0.4) is 0 Å². The van der Waals surface area contributed by atoms with Gasteiger partial charge in [0.25, 0.3) is 0 Å². The van der Waals surface area contributed by atoms with Crippen LogP contribution in [0.2, 0.25) is 0 Å². The molecular weight excluding hydrogens is 1290 g/mol. The van der Waals surface area contributed by atoms with Crippen LogP contribution in [0, 0.1) is 27.7 Å². The van der Waals surface area contributed by atoms with Gasteiger partial charge in [-0.1, -0.05) is 440 Å². The molecule has 17 aromatic carbocycles. The Morgan fingerprint density at radius 2 is 0.402 bits per heavy atom. The first-order valence-electron chi connectivity index (χ1n) is 37.7. The highest BCUT2D eigenvalue weighted by molar-refractivity contribution is 6.10. The van der Waals surface area contributed by atoms with Crippen LogP contribution in [0.5, 0.6) is 0 Å². The molecule has 2 aromatic heterocycles. The average Bonchev–Trinajstić information content (AvgIpc) is 1.65. The normalized spacial score (nSPS) is 10.0. The summed E-state index contributed by atoms with van der Waals surface area (Å²) in [5.41, 5.74) is 16.5. The highest BCUT2D eigenvalue weighted by Gasteiger charge is 2.12. The number of aromatic nitrogens is 2. The summed E-state index contributed by atoms with van der Waals surface area (Å²) in [7, 11) is 2.12. The van der Waals surface area contributed by atoms with Crippen molar-refractivity contribution in [2.45, 2.75) is 69.2 Å². The van der Waals surface area contributed by atoms with E-state index < -0.39 is 0 Å². The third-order valence-corrected chi connectivity index (χ3v) is 18.0. The molecule has 532 valence electrons. The molecule has 0 atom stereocenters. The van der Waals surface area contributed by atoms with E-state index in [2.05, 4.69) is 390 Å². The second-order valence-corrected chi connectivity index (χ2v) is 25.1. The Hall–Kier alpha value is -12.6. The van der Waals surface area contributed by atoms with Crippen molar-refractivity contribution in [1.29, 1.82) is 0 Å². The molecule has 2 heterocycles. The maximum atomic E-state index is 2.36. The zero-order chi connectivity index (χ0) is 75.4. The molecule has 0 radical (unpaired) electrons. The maximum Gasteiger partial charge on any atom is 0.0541 e. The van der Waals surface area contributed by atoms with E-state index in [9.17, 15) is 0 Å². The molecule has 0 amide bonds.